The lowest BCUT2D eigenvalue weighted by Gasteiger charge is -2.27. The van der Waals surface area contributed by atoms with Gasteiger partial charge in [-0.2, -0.15) is 0 Å². The second kappa shape index (κ2) is 8.89. The van der Waals surface area contributed by atoms with Gasteiger partial charge in [-0.05, 0) is 48.4 Å². The topological polar surface area (TPSA) is 67.8 Å². The lowest BCUT2D eigenvalue weighted by Crippen LogP contribution is -2.36. The first-order valence-electron chi connectivity index (χ1n) is 8.32. The second-order valence-corrected chi connectivity index (χ2v) is 6.01. The summed E-state index contributed by atoms with van der Waals surface area (Å²) in [6.45, 7) is 4.63. The number of benzene rings is 1. The monoisotopic (exact) mass is 321 g/mol. The van der Waals surface area contributed by atoms with Gasteiger partial charge in [0.05, 0.1) is 13.0 Å². The molecule has 1 atom stereocenters. The van der Waals surface area contributed by atoms with E-state index in [0.717, 1.165) is 25.0 Å². The van der Waals surface area contributed by atoms with E-state index in [-0.39, 0.29) is 11.8 Å². The summed E-state index contributed by atoms with van der Waals surface area (Å²) in [6, 6.07) is 6.04. The van der Waals surface area contributed by atoms with Gasteiger partial charge in [-0.3, -0.25) is 4.79 Å². The van der Waals surface area contributed by atoms with Crippen LogP contribution < -0.4 is 10.1 Å². The van der Waals surface area contributed by atoms with Crippen molar-refractivity contribution >= 4 is 5.97 Å². The molecule has 1 aliphatic rings. The molecule has 0 radical (unpaired) electrons. The van der Waals surface area contributed by atoms with Gasteiger partial charge in [-0.15, -0.1) is 0 Å². The molecule has 1 heterocycles. The summed E-state index contributed by atoms with van der Waals surface area (Å²) < 4.78 is 10.6. The molecule has 0 amide bonds. The number of carbonyl (C=O) groups is 1. The zero-order chi connectivity index (χ0) is 16.7. The van der Waals surface area contributed by atoms with Crippen molar-refractivity contribution < 1.29 is 19.4 Å². The molecule has 1 unspecified atom stereocenters. The summed E-state index contributed by atoms with van der Waals surface area (Å²) >= 11 is 0. The average Bonchev–Trinajstić information content (AvgIpc) is 2.59. The molecule has 0 bridgehead atoms. The third-order valence-electron chi connectivity index (χ3n) is 4.63. The molecule has 5 nitrogen and oxygen atoms in total. The fourth-order valence-electron chi connectivity index (χ4n) is 3.17. The maximum atomic E-state index is 11.6. The van der Waals surface area contributed by atoms with E-state index in [2.05, 4.69) is 18.3 Å². The molecule has 1 saturated heterocycles. The Morgan fingerprint density at radius 1 is 1.39 bits per heavy atom. The maximum Gasteiger partial charge on any atom is 0.308 e. The number of methoxy groups -OCH3 is 1. The van der Waals surface area contributed by atoms with Crippen LogP contribution >= 0.6 is 0 Å². The van der Waals surface area contributed by atoms with Crippen molar-refractivity contribution in [1.82, 2.24) is 5.32 Å². The van der Waals surface area contributed by atoms with Gasteiger partial charge in [0.2, 0.25) is 0 Å². The molecular formula is C18H27NO4. The van der Waals surface area contributed by atoms with E-state index in [9.17, 15) is 9.90 Å². The molecule has 23 heavy (non-hydrogen) atoms. The van der Waals surface area contributed by atoms with E-state index >= 15 is 0 Å². The van der Waals surface area contributed by atoms with Crippen LogP contribution in [0.4, 0.5) is 0 Å². The standard InChI is InChI=1S/C18H27NO4/c1-3-13-10-16(22-2)5-4-15(13)11-19-12-17(18(20)21)14-6-8-23-9-7-14/h4-5,10,14,17,19H,3,6-9,11-12H2,1-2H3,(H,20,21). The number of rotatable bonds is 8. The van der Waals surface area contributed by atoms with Crippen LogP contribution in [0.3, 0.4) is 0 Å². The van der Waals surface area contributed by atoms with Gasteiger partial charge in [0.15, 0.2) is 0 Å². The summed E-state index contributed by atoms with van der Waals surface area (Å²) in [6.07, 6.45) is 2.60. The van der Waals surface area contributed by atoms with Crippen LogP contribution in [0, 0.1) is 11.8 Å². The minimum Gasteiger partial charge on any atom is -0.497 e. The Labute approximate surface area is 138 Å². The number of hydrogen-bond donors (Lipinski definition) is 2. The van der Waals surface area contributed by atoms with Crippen molar-refractivity contribution in [2.45, 2.75) is 32.7 Å². The largest absolute Gasteiger partial charge is 0.497 e. The minimum absolute atomic E-state index is 0.204. The summed E-state index contributed by atoms with van der Waals surface area (Å²) in [5.41, 5.74) is 2.43. The lowest BCUT2D eigenvalue weighted by molar-refractivity contribution is -0.144. The molecule has 0 saturated carbocycles. The Hall–Kier alpha value is -1.59. The highest BCUT2D eigenvalue weighted by Gasteiger charge is 2.29. The lowest BCUT2D eigenvalue weighted by atomic mass is 9.86. The van der Waals surface area contributed by atoms with Crippen LogP contribution in [0.2, 0.25) is 0 Å². The SMILES string of the molecule is CCc1cc(OC)ccc1CNCC(C(=O)O)C1CCOCC1. The Morgan fingerprint density at radius 2 is 2.13 bits per heavy atom. The zero-order valence-electron chi connectivity index (χ0n) is 14.0. The Balaban J connectivity index is 1.92. The highest BCUT2D eigenvalue weighted by Crippen LogP contribution is 2.24. The van der Waals surface area contributed by atoms with Crippen LogP contribution in [-0.2, 0) is 22.5 Å². The Bertz CT molecular complexity index is 512. The fraction of sp³-hybridized carbons (Fsp3) is 0.611. The van der Waals surface area contributed by atoms with Crippen molar-refractivity contribution in [2.24, 2.45) is 11.8 Å². The van der Waals surface area contributed by atoms with Gasteiger partial charge in [-0.25, -0.2) is 0 Å². The zero-order valence-corrected chi connectivity index (χ0v) is 14.0. The van der Waals surface area contributed by atoms with E-state index in [1.54, 1.807) is 7.11 Å². The maximum absolute atomic E-state index is 11.6. The smallest absolute Gasteiger partial charge is 0.308 e. The molecule has 2 N–H and O–H groups in total. The molecule has 5 heteroatoms. The molecule has 0 aliphatic carbocycles. The van der Waals surface area contributed by atoms with E-state index in [1.165, 1.54) is 11.1 Å². The molecule has 128 valence electrons. The van der Waals surface area contributed by atoms with Crippen molar-refractivity contribution in [3.63, 3.8) is 0 Å². The van der Waals surface area contributed by atoms with Gasteiger partial charge in [0.1, 0.15) is 5.75 Å². The summed E-state index contributed by atoms with van der Waals surface area (Å²) in [4.78, 5) is 11.6. The predicted octanol–water partition coefficient (Wildman–Crippen LogP) is 2.47. The van der Waals surface area contributed by atoms with Crippen molar-refractivity contribution in [3.05, 3.63) is 29.3 Å². The number of hydrogen-bond acceptors (Lipinski definition) is 4. The van der Waals surface area contributed by atoms with Crippen LogP contribution in [-0.4, -0.2) is 37.9 Å². The quantitative estimate of drug-likeness (QED) is 0.770. The third-order valence-corrected chi connectivity index (χ3v) is 4.63. The van der Waals surface area contributed by atoms with Crippen molar-refractivity contribution in [2.75, 3.05) is 26.9 Å². The van der Waals surface area contributed by atoms with E-state index in [4.69, 9.17) is 9.47 Å². The highest BCUT2D eigenvalue weighted by atomic mass is 16.5. The molecule has 1 aliphatic heterocycles. The van der Waals surface area contributed by atoms with Crippen LogP contribution in [0.25, 0.3) is 0 Å². The Morgan fingerprint density at radius 3 is 2.74 bits per heavy atom. The van der Waals surface area contributed by atoms with Gasteiger partial charge in [-0.1, -0.05) is 13.0 Å². The van der Waals surface area contributed by atoms with Gasteiger partial charge in [0.25, 0.3) is 0 Å². The number of carboxylic acids is 1. The van der Waals surface area contributed by atoms with Crippen molar-refractivity contribution in [3.8, 4) is 5.75 Å². The predicted molar refractivity (Wildman–Crippen MR) is 88.7 cm³/mol. The number of nitrogens with one attached hydrogen (secondary N) is 1. The molecule has 1 fully saturated rings. The molecule has 1 aromatic rings. The number of aryl methyl sites for hydroxylation is 1. The number of ether oxygens (including phenoxy) is 2. The van der Waals surface area contributed by atoms with Gasteiger partial charge in [0, 0.05) is 26.3 Å². The molecule has 1 aromatic carbocycles. The fourth-order valence-corrected chi connectivity index (χ4v) is 3.17. The van der Waals surface area contributed by atoms with Crippen molar-refractivity contribution in [1.29, 1.82) is 0 Å². The third kappa shape index (κ3) is 4.94. The summed E-state index contributed by atoms with van der Waals surface area (Å²) in [7, 11) is 1.66. The van der Waals surface area contributed by atoms with E-state index < -0.39 is 5.97 Å². The van der Waals surface area contributed by atoms with Crippen LogP contribution in [0.15, 0.2) is 18.2 Å². The second-order valence-electron chi connectivity index (χ2n) is 6.01. The van der Waals surface area contributed by atoms with E-state index in [1.807, 2.05) is 12.1 Å². The summed E-state index contributed by atoms with van der Waals surface area (Å²) in [5.74, 6) is 0.00329. The summed E-state index contributed by atoms with van der Waals surface area (Å²) in [5, 5.41) is 12.8. The first kappa shape index (κ1) is 17.8. The normalized spacial score (nSPS) is 17.0. The molecule has 2 rings (SSSR count). The van der Waals surface area contributed by atoms with Gasteiger partial charge >= 0.3 is 5.97 Å². The molecule has 0 aromatic heterocycles. The average molecular weight is 321 g/mol. The van der Waals surface area contributed by atoms with Crippen LogP contribution in [0.1, 0.15) is 30.9 Å². The van der Waals surface area contributed by atoms with E-state index in [0.29, 0.717) is 26.3 Å². The first-order chi connectivity index (χ1) is 11.2. The first-order valence-corrected chi connectivity index (χ1v) is 8.32. The van der Waals surface area contributed by atoms with Gasteiger partial charge < -0.3 is 19.9 Å². The Kier molecular flexibility index (Phi) is 6.86. The molecule has 0 spiro atoms. The minimum atomic E-state index is -0.713. The highest BCUT2D eigenvalue weighted by molar-refractivity contribution is 5.70. The van der Waals surface area contributed by atoms with Crippen LogP contribution in [0.5, 0.6) is 5.75 Å². The number of carboxylic acid groups (broad SMARTS) is 1. The molecular weight excluding hydrogens is 294 g/mol. The number of aliphatic carboxylic acids is 1.